The molecule has 0 saturated carbocycles. The van der Waals surface area contributed by atoms with E-state index in [2.05, 4.69) is 18.5 Å². The van der Waals surface area contributed by atoms with Crippen LogP contribution in [0.15, 0.2) is 17.6 Å². The maximum absolute atomic E-state index is 11.4. The first kappa shape index (κ1) is 15.0. The van der Waals surface area contributed by atoms with Gasteiger partial charge in [0.25, 0.3) is 0 Å². The minimum Gasteiger partial charge on any atom is -0.370 e. The highest BCUT2D eigenvalue weighted by Crippen LogP contribution is 2.15. The van der Waals surface area contributed by atoms with Crippen LogP contribution in [0, 0.1) is 5.92 Å². The summed E-state index contributed by atoms with van der Waals surface area (Å²) in [5.74, 6) is 1.24. The van der Waals surface area contributed by atoms with Crippen LogP contribution in [-0.4, -0.2) is 50.4 Å². The van der Waals surface area contributed by atoms with Crippen molar-refractivity contribution in [3.8, 4) is 0 Å². The SMILES string of the molecule is C=CCS(=O)(=O)CCN=C(N)N1CCC(C)CC1. The predicted octanol–water partition coefficient (Wildman–Crippen LogP) is 0.634. The highest BCUT2D eigenvalue weighted by molar-refractivity contribution is 7.91. The molecule has 5 nitrogen and oxygen atoms in total. The molecule has 0 aromatic rings. The third-order valence-corrected chi connectivity index (χ3v) is 4.70. The van der Waals surface area contributed by atoms with Crippen LogP contribution in [0.2, 0.25) is 0 Å². The van der Waals surface area contributed by atoms with Gasteiger partial charge in [-0.3, -0.25) is 4.99 Å². The molecule has 1 rings (SSSR count). The van der Waals surface area contributed by atoms with E-state index in [9.17, 15) is 8.42 Å². The number of rotatable bonds is 5. The van der Waals surface area contributed by atoms with E-state index < -0.39 is 9.84 Å². The lowest BCUT2D eigenvalue weighted by atomic mass is 10.00. The second-order valence-electron chi connectivity index (χ2n) is 4.81. The first-order valence-corrected chi connectivity index (χ1v) is 8.13. The molecule has 0 aliphatic carbocycles. The van der Waals surface area contributed by atoms with Gasteiger partial charge in [-0.15, -0.1) is 6.58 Å². The second kappa shape index (κ2) is 6.78. The van der Waals surface area contributed by atoms with Crippen molar-refractivity contribution in [1.82, 2.24) is 4.90 Å². The van der Waals surface area contributed by atoms with Crippen molar-refractivity contribution in [1.29, 1.82) is 0 Å². The lowest BCUT2D eigenvalue weighted by Crippen LogP contribution is -2.42. The molecule has 0 aromatic heterocycles. The number of piperidine rings is 1. The van der Waals surface area contributed by atoms with Gasteiger partial charge in [-0.2, -0.15) is 0 Å². The molecule has 0 spiro atoms. The third-order valence-electron chi connectivity index (χ3n) is 3.16. The number of sulfone groups is 1. The van der Waals surface area contributed by atoms with E-state index in [0.29, 0.717) is 5.96 Å². The summed E-state index contributed by atoms with van der Waals surface area (Å²) < 4.78 is 22.9. The standard InChI is InChI=1S/C12H23N3O2S/c1-3-9-18(16,17)10-6-14-12(13)15-7-4-11(2)5-8-15/h3,11H,1,4-10H2,2H3,(H2,13,14). The molecule has 0 atom stereocenters. The number of hydrogen-bond donors (Lipinski definition) is 1. The van der Waals surface area contributed by atoms with Crippen molar-refractivity contribution >= 4 is 15.8 Å². The van der Waals surface area contributed by atoms with Crippen LogP contribution in [0.1, 0.15) is 19.8 Å². The zero-order valence-corrected chi connectivity index (χ0v) is 11.8. The van der Waals surface area contributed by atoms with Crippen LogP contribution >= 0.6 is 0 Å². The number of nitrogens with two attached hydrogens (primary N) is 1. The van der Waals surface area contributed by atoms with Crippen molar-refractivity contribution in [3.05, 3.63) is 12.7 Å². The molecule has 6 heteroatoms. The van der Waals surface area contributed by atoms with Crippen molar-refractivity contribution in [3.63, 3.8) is 0 Å². The molecule has 18 heavy (non-hydrogen) atoms. The largest absolute Gasteiger partial charge is 0.370 e. The molecule has 1 saturated heterocycles. The van der Waals surface area contributed by atoms with Gasteiger partial charge in [-0.1, -0.05) is 13.0 Å². The summed E-state index contributed by atoms with van der Waals surface area (Å²) in [5, 5.41) is 0. The average Bonchev–Trinajstić information content (AvgIpc) is 2.29. The molecule has 1 aliphatic rings. The van der Waals surface area contributed by atoms with Crippen molar-refractivity contribution in [2.45, 2.75) is 19.8 Å². The van der Waals surface area contributed by atoms with E-state index in [1.54, 1.807) is 0 Å². The molecule has 0 unspecified atom stereocenters. The maximum Gasteiger partial charge on any atom is 0.191 e. The van der Waals surface area contributed by atoms with Gasteiger partial charge in [0.15, 0.2) is 15.8 Å². The summed E-state index contributed by atoms with van der Waals surface area (Å²) in [5.41, 5.74) is 5.86. The number of guanidine groups is 1. The van der Waals surface area contributed by atoms with Crippen molar-refractivity contribution in [2.24, 2.45) is 16.6 Å². The molecule has 1 heterocycles. The smallest absolute Gasteiger partial charge is 0.191 e. The summed E-state index contributed by atoms with van der Waals surface area (Å²) in [6.07, 6.45) is 3.63. The van der Waals surface area contributed by atoms with Gasteiger partial charge >= 0.3 is 0 Å². The Morgan fingerprint density at radius 3 is 2.67 bits per heavy atom. The Kier molecular flexibility index (Phi) is 5.65. The van der Waals surface area contributed by atoms with Crippen LogP contribution in [0.5, 0.6) is 0 Å². The Balaban J connectivity index is 2.40. The average molecular weight is 273 g/mol. The lowest BCUT2D eigenvalue weighted by Gasteiger charge is -2.31. The van der Waals surface area contributed by atoms with Gasteiger partial charge in [0.2, 0.25) is 0 Å². The molecular formula is C12H23N3O2S. The molecule has 1 aliphatic heterocycles. The van der Waals surface area contributed by atoms with E-state index in [-0.39, 0.29) is 18.1 Å². The molecule has 0 bridgehead atoms. The molecule has 0 aromatic carbocycles. The van der Waals surface area contributed by atoms with E-state index >= 15 is 0 Å². The summed E-state index contributed by atoms with van der Waals surface area (Å²) in [6, 6.07) is 0. The fraction of sp³-hybridized carbons (Fsp3) is 0.750. The Labute approximate surface area is 110 Å². The second-order valence-corrected chi connectivity index (χ2v) is 7.04. The minimum atomic E-state index is -3.07. The zero-order chi connectivity index (χ0) is 13.6. The molecular weight excluding hydrogens is 250 g/mol. The van der Waals surface area contributed by atoms with Crippen molar-refractivity contribution in [2.75, 3.05) is 31.1 Å². The van der Waals surface area contributed by atoms with Crippen LogP contribution in [-0.2, 0) is 9.84 Å². The van der Waals surface area contributed by atoms with Gasteiger partial charge in [0, 0.05) is 13.1 Å². The molecule has 1 fully saturated rings. The van der Waals surface area contributed by atoms with Gasteiger partial charge in [0.05, 0.1) is 18.1 Å². The van der Waals surface area contributed by atoms with E-state index in [1.165, 1.54) is 6.08 Å². The summed E-state index contributed by atoms with van der Waals surface area (Å²) in [4.78, 5) is 6.18. The predicted molar refractivity (Wildman–Crippen MR) is 75.3 cm³/mol. The number of aliphatic imine (C=N–C) groups is 1. The van der Waals surface area contributed by atoms with Gasteiger partial charge in [-0.25, -0.2) is 8.42 Å². The first-order chi connectivity index (χ1) is 8.44. The molecule has 2 N–H and O–H groups in total. The van der Waals surface area contributed by atoms with Crippen molar-refractivity contribution < 1.29 is 8.42 Å². The third kappa shape index (κ3) is 5.08. The van der Waals surface area contributed by atoms with Crippen LogP contribution < -0.4 is 5.73 Å². The topological polar surface area (TPSA) is 75.8 Å². The fourth-order valence-corrected chi connectivity index (χ4v) is 2.80. The van der Waals surface area contributed by atoms with Gasteiger partial charge < -0.3 is 10.6 Å². The highest BCUT2D eigenvalue weighted by atomic mass is 32.2. The maximum atomic E-state index is 11.4. The minimum absolute atomic E-state index is 0.00362. The molecule has 0 amide bonds. The van der Waals surface area contributed by atoms with Gasteiger partial charge in [-0.05, 0) is 18.8 Å². The number of likely N-dealkylation sites (tertiary alicyclic amines) is 1. The Hall–Kier alpha value is -1.04. The van der Waals surface area contributed by atoms with Crippen LogP contribution in [0.3, 0.4) is 0 Å². The van der Waals surface area contributed by atoms with E-state index in [1.807, 2.05) is 4.90 Å². The zero-order valence-electron chi connectivity index (χ0n) is 11.0. The number of nitrogens with zero attached hydrogens (tertiary/aromatic N) is 2. The summed E-state index contributed by atoms with van der Waals surface area (Å²) >= 11 is 0. The van der Waals surface area contributed by atoms with Crippen LogP contribution in [0.4, 0.5) is 0 Å². The quantitative estimate of drug-likeness (QED) is 0.453. The Morgan fingerprint density at radius 1 is 1.50 bits per heavy atom. The number of hydrogen-bond acceptors (Lipinski definition) is 3. The molecule has 0 radical (unpaired) electrons. The molecule has 104 valence electrons. The normalized spacial score (nSPS) is 18.9. The monoisotopic (exact) mass is 273 g/mol. The van der Waals surface area contributed by atoms with Gasteiger partial charge in [0.1, 0.15) is 0 Å². The van der Waals surface area contributed by atoms with E-state index in [0.717, 1.165) is 31.8 Å². The lowest BCUT2D eigenvalue weighted by molar-refractivity contribution is 0.278. The first-order valence-electron chi connectivity index (χ1n) is 6.31. The van der Waals surface area contributed by atoms with E-state index in [4.69, 9.17) is 5.73 Å². The Bertz CT molecular complexity index is 396. The highest BCUT2D eigenvalue weighted by Gasteiger charge is 2.17. The Morgan fingerprint density at radius 2 is 2.11 bits per heavy atom. The summed E-state index contributed by atoms with van der Waals surface area (Å²) in [7, 11) is -3.07. The van der Waals surface area contributed by atoms with Crippen LogP contribution in [0.25, 0.3) is 0 Å². The fourth-order valence-electron chi connectivity index (χ4n) is 1.90. The summed E-state index contributed by atoms with van der Waals surface area (Å²) in [6.45, 7) is 7.71.